The molecule has 0 spiro atoms. The van der Waals surface area contributed by atoms with Crippen molar-refractivity contribution in [3.63, 3.8) is 0 Å². The lowest BCUT2D eigenvalue weighted by Gasteiger charge is -2.22. The van der Waals surface area contributed by atoms with Gasteiger partial charge in [0.15, 0.2) is 11.5 Å². The first-order valence-electron chi connectivity index (χ1n) is 10.5. The Morgan fingerprint density at radius 2 is 1.77 bits per heavy atom. The van der Waals surface area contributed by atoms with E-state index in [1.54, 1.807) is 29.6 Å². The van der Waals surface area contributed by atoms with E-state index < -0.39 is 0 Å². The number of ether oxygens (including phenoxy) is 1. The molecule has 0 atom stereocenters. The molecule has 3 aliphatic rings. The van der Waals surface area contributed by atoms with E-state index >= 15 is 0 Å². The average molecular weight is 448 g/mol. The van der Waals surface area contributed by atoms with Crippen molar-refractivity contribution in [2.24, 2.45) is 5.92 Å². The molecule has 156 valence electrons. The van der Waals surface area contributed by atoms with Gasteiger partial charge in [0.05, 0.1) is 6.54 Å². The SMILES string of the molecule is O=C(C1CC1)N1CCOc2c(O)cc(-c3cccc4c3Sc3ccccc3S4)cc2C1. The highest BCUT2D eigenvalue weighted by Gasteiger charge is 2.35. The summed E-state index contributed by atoms with van der Waals surface area (Å²) in [5, 5.41) is 10.8. The Bertz CT molecular complexity index is 1210. The van der Waals surface area contributed by atoms with Crippen LogP contribution in [0.2, 0.25) is 0 Å². The molecule has 6 rings (SSSR count). The molecule has 0 unspecified atom stereocenters. The van der Waals surface area contributed by atoms with Crippen LogP contribution in [0, 0.1) is 5.92 Å². The van der Waals surface area contributed by atoms with Gasteiger partial charge in [-0.25, -0.2) is 0 Å². The van der Waals surface area contributed by atoms with Gasteiger partial charge in [-0.05, 0) is 54.3 Å². The van der Waals surface area contributed by atoms with Crippen molar-refractivity contribution in [3.8, 4) is 22.6 Å². The van der Waals surface area contributed by atoms with Gasteiger partial charge in [0.2, 0.25) is 5.91 Å². The van der Waals surface area contributed by atoms with Crippen molar-refractivity contribution in [1.82, 2.24) is 4.90 Å². The fourth-order valence-electron chi connectivity index (χ4n) is 4.21. The number of aromatic hydroxyl groups is 1. The van der Waals surface area contributed by atoms with Crippen LogP contribution in [0.4, 0.5) is 0 Å². The van der Waals surface area contributed by atoms with Crippen LogP contribution in [0.1, 0.15) is 18.4 Å². The second-order valence-corrected chi connectivity index (χ2v) is 10.3. The molecule has 1 aliphatic carbocycles. The molecule has 0 aromatic heterocycles. The number of hydrogen-bond donors (Lipinski definition) is 1. The first kappa shape index (κ1) is 19.1. The smallest absolute Gasteiger partial charge is 0.226 e. The van der Waals surface area contributed by atoms with Crippen LogP contribution in [-0.2, 0) is 11.3 Å². The summed E-state index contributed by atoms with van der Waals surface area (Å²) in [5.74, 6) is 1.03. The Labute approximate surface area is 189 Å². The van der Waals surface area contributed by atoms with Crippen molar-refractivity contribution in [2.45, 2.75) is 39.0 Å². The molecule has 1 N–H and O–H groups in total. The van der Waals surface area contributed by atoms with Crippen molar-refractivity contribution < 1.29 is 14.6 Å². The number of phenolic OH excluding ortho intramolecular Hbond substituents is 1. The number of phenols is 1. The van der Waals surface area contributed by atoms with Crippen LogP contribution in [0.25, 0.3) is 11.1 Å². The minimum atomic E-state index is 0.139. The molecule has 1 fully saturated rings. The normalized spacial score (nSPS) is 17.1. The van der Waals surface area contributed by atoms with E-state index in [0.717, 1.165) is 29.5 Å². The Hall–Kier alpha value is -2.57. The fraction of sp³-hybridized carbons (Fsp3) is 0.240. The lowest BCUT2D eigenvalue weighted by atomic mass is 10.0. The molecule has 4 nitrogen and oxygen atoms in total. The van der Waals surface area contributed by atoms with Crippen molar-refractivity contribution >= 4 is 29.4 Å². The predicted molar refractivity (Wildman–Crippen MR) is 122 cm³/mol. The van der Waals surface area contributed by atoms with Crippen LogP contribution in [0.5, 0.6) is 11.5 Å². The van der Waals surface area contributed by atoms with Gasteiger partial charge in [-0.2, -0.15) is 0 Å². The highest BCUT2D eigenvalue weighted by Crippen LogP contribution is 2.52. The predicted octanol–water partition coefficient (Wildman–Crippen LogP) is 5.81. The van der Waals surface area contributed by atoms with Crippen molar-refractivity contribution in [3.05, 3.63) is 60.2 Å². The zero-order chi connectivity index (χ0) is 20.9. The zero-order valence-electron chi connectivity index (χ0n) is 16.8. The van der Waals surface area contributed by atoms with Gasteiger partial charge < -0.3 is 14.7 Å². The molecule has 0 radical (unpaired) electrons. The Kier molecular flexibility index (Phi) is 4.65. The fourth-order valence-corrected chi connectivity index (χ4v) is 6.61. The third kappa shape index (κ3) is 3.48. The number of hydrogen-bond acceptors (Lipinski definition) is 5. The van der Waals surface area contributed by atoms with E-state index in [1.165, 1.54) is 19.6 Å². The van der Waals surface area contributed by atoms with E-state index in [2.05, 4.69) is 48.5 Å². The summed E-state index contributed by atoms with van der Waals surface area (Å²) in [5.41, 5.74) is 2.91. The maximum atomic E-state index is 12.7. The van der Waals surface area contributed by atoms with E-state index in [-0.39, 0.29) is 17.6 Å². The molecule has 3 aromatic carbocycles. The summed E-state index contributed by atoms with van der Waals surface area (Å²) in [6.07, 6.45) is 1.97. The highest BCUT2D eigenvalue weighted by molar-refractivity contribution is 8.05. The summed E-state index contributed by atoms with van der Waals surface area (Å²) in [7, 11) is 0. The lowest BCUT2D eigenvalue weighted by molar-refractivity contribution is -0.133. The molecule has 31 heavy (non-hydrogen) atoms. The molecule has 6 heteroatoms. The third-order valence-electron chi connectivity index (χ3n) is 5.92. The summed E-state index contributed by atoms with van der Waals surface area (Å²) in [4.78, 5) is 19.5. The van der Waals surface area contributed by atoms with E-state index in [0.29, 0.717) is 25.4 Å². The molecule has 1 saturated carbocycles. The highest BCUT2D eigenvalue weighted by atomic mass is 32.2. The number of amides is 1. The topological polar surface area (TPSA) is 49.8 Å². The summed E-state index contributed by atoms with van der Waals surface area (Å²) >= 11 is 3.55. The maximum Gasteiger partial charge on any atom is 0.226 e. The van der Waals surface area contributed by atoms with Gasteiger partial charge in [0.1, 0.15) is 6.61 Å². The molecule has 2 aliphatic heterocycles. The molecule has 2 heterocycles. The standard InChI is InChI=1S/C25H21NO3S2/c27-19-13-16(12-17-14-26(10-11-29-23(17)19)25(28)15-8-9-15)18-4-3-7-22-24(18)31-21-6-2-1-5-20(21)30-22/h1-7,12-13,15,27H,8-11,14H2. The van der Waals surface area contributed by atoms with Crippen LogP contribution in [0.15, 0.2) is 74.2 Å². The van der Waals surface area contributed by atoms with Crippen LogP contribution >= 0.6 is 23.5 Å². The second kappa shape index (κ2) is 7.53. The number of carbonyl (C=O) groups is 1. The number of fused-ring (bicyclic) bond motifs is 3. The quantitative estimate of drug-likeness (QED) is 0.420. The first-order valence-corrected chi connectivity index (χ1v) is 12.2. The Morgan fingerprint density at radius 1 is 1.00 bits per heavy atom. The average Bonchev–Trinajstić information content (AvgIpc) is 3.63. The molecule has 0 bridgehead atoms. The van der Waals surface area contributed by atoms with E-state index in [9.17, 15) is 9.90 Å². The van der Waals surface area contributed by atoms with Gasteiger partial charge in [-0.3, -0.25) is 4.79 Å². The minimum absolute atomic E-state index is 0.139. The van der Waals surface area contributed by atoms with Crippen molar-refractivity contribution in [2.75, 3.05) is 13.2 Å². The summed E-state index contributed by atoms with van der Waals surface area (Å²) in [6, 6.07) is 18.6. The third-order valence-corrected chi connectivity index (χ3v) is 8.54. The Morgan fingerprint density at radius 3 is 2.58 bits per heavy atom. The molecular weight excluding hydrogens is 426 g/mol. The van der Waals surface area contributed by atoms with Gasteiger partial charge in [0, 0.05) is 37.6 Å². The summed E-state index contributed by atoms with van der Waals surface area (Å²) in [6.45, 7) is 1.44. The largest absolute Gasteiger partial charge is 0.504 e. The molecule has 1 amide bonds. The summed E-state index contributed by atoms with van der Waals surface area (Å²) < 4.78 is 5.86. The van der Waals surface area contributed by atoms with Gasteiger partial charge in [-0.1, -0.05) is 47.8 Å². The number of carbonyl (C=O) groups excluding carboxylic acids is 1. The molecule has 3 aromatic rings. The number of nitrogens with zero attached hydrogens (tertiary/aromatic N) is 1. The van der Waals surface area contributed by atoms with Gasteiger partial charge in [-0.15, -0.1) is 0 Å². The van der Waals surface area contributed by atoms with E-state index in [4.69, 9.17) is 4.74 Å². The van der Waals surface area contributed by atoms with E-state index in [1.807, 2.05) is 4.90 Å². The number of rotatable bonds is 2. The number of benzene rings is 3. The molecular formula is C25H21NO3S2. The van der Waals surface area contributed by atoms with Crippen LogP contribution in [-0.4, -0.2) is 29.1 Å². The monoisotopic (exact) mass is 447 g/mol. The van der Waals surface area contributed by atoms with Gasteiger partial charge >= 0.3 is 0 Å². The van der Waals surface area contributed by atoms with Crippen molar-refractivity contribution in [1.29, 1.82) is 0 Å². The maximum absolute atomic E-state index is 12.7. The lowest BCUT2D eigenvalue weighted by Crippen LogP contribution is -2.33. The minimum Gasteiger partial charge on any atom is -0.504 e. The second-order valence-electron chi connectivity index (χ2n) is 8.15. The first-order chi connectivity index (χ1) is 15.2. The zero-order valence-corrected chi connectivity index (χ0v) is 18.5. The van der Waals surface area contributed by atoms with Gasteiger partial charge in [0.25, 0.3) is 0 Å². The van der Waals surface area contributed by atoms with Crippen LogP contribution in [0.3, 0.4) is 0 Å². The van der Waals surface area contributed by atoms with Crippen LogP contribution < -0.4 is 4.74 Å². The molecule has 0 saturated heterocycles. The Balaban J connectivity index is 1.40.